The molecular formula is C12H17NO4. The molecular weight excluding hydrogens is 222 g/mol. The van der Waals surface area contributed by atoms with Gasteiger partial charge in [-0.05, 0) is 25.5 Å². The summed E-state index contributed by atoms with van der Waals surface area (Å²) in [5.41, 5.74) is 0. The SMILES string of the molecule is CCc1ccc(C(=O)NC(C)CCC(=O)O)o1. The van der Waals surface area contributed by atoms with Crippen LogP contribution in [0.15, 0.2) is 16.5 Å². The van der Waals surface area contributed by atoms with Crippen molar-refractivity contribution in [1.82, 2.24) is 5.32 Å². The summed E-state index contributed by atoms with van der Waals surface area (Å²) in [6.07, 6.45) is 1.18. The van der Waals surface area contributed by atoms with Crippen LogP contribution < -0.4 is 5.32 Å². The topological polar surface area (TPSA) is 79.5 Å². The number of carbonyl (C=O) groups excluding carboxylic acids is 1. The Balaban J connectivity index is 2.45. The first-order valence-electron chi connectivity index (χ1n) is 5.64. The maximum atomic E-state index is 11.7. The highest BCUT2D eigenvalue weighted by molar-refractivity contribution is 5.91. The van der Waals surface area contributed by atoms with E-state index in [1.165, 1.54) is 0 Å². The number of amides is 1. The third-order valence-electron chi connectivity index (χ3n) is 2.40. The van der Waals surface area contributed by atoms with E-state index >= 15 is 0 Å². The second-order valence-electron chi connectivity index (χ2n) is 3.93. The van der Waals surface area contributed by atoms with E-state index in [2.05, 4.69) is 5.32 Å². The summed E-state index contributed by atoms with van der Waals surface area (Å²) in [5.74, 6) is -0.141. The Morgan fingerprint density at radius 2 is 2.18 bits per heavy atom. The number of carboxylic acid groups (broad SMARTS) is 1. The van der Waals surface area contributed by atoms with Gasteiger partial charge < -0.3 is 14.8 Å². The minimum atomic E-state index is -0.864. The van der Waals surface area contributed by atoms with Crippen LogP contribution in [0.4, 0.5) is 0 Å². The van der Waals surface area contributed by atoms with Crippen LogP contribution in [0.25, 0.3) is 0 Å². The second kappa shape index (κ2) is 6.08. The van der Waals surface area contributed by atoms with Gasteiger partial charge in [-0.3, -0.25) is 9.59 Å². The average molecular weight is 239 g/mol. The summed E-state index contributed by atoms with van der Waals surface area (Å²) >= 11 is 0. The van der Waals surface area contributed by atoms with Gasteiger partial charge in [-0.25, -0.2) is 0 Å². The van der Waals surface area contributed by atoms with E-state index in [0.29, 0.717) is 6.42 Å². The van der Waals surface area contributed by atoms with Crippen molar-refractivity contribution in [2.75, 3.05) is 0 Å². The Morgan fingerprint density at radius 1 is 1.47 bits per heavy atom. The summed E-state index contributed by atoms with van der Waals surface area (Å²) in [4.78, 5) is 22.0. The maximum absolute atomic E-state index is 11.7. The van der Waals surface area contributed by atoms with Gasteiger partial charge in [0.05, 0.1) is 0 Å². The van der Waals surface area contributed by atoms with Gasteiger partial charge in [0.2, 0.25) is 0 Å². The van der Waals surface area contributed by atoms with Gasteiger partial charge in [-0.15, -0.1) is 0 Å². The lowest BCUT2D eigenvalue weighted by atomic mass is 10.2. The van der Waals surface area contributed by atoms with E-state index in [1.807, 2.05) is 6.92 Å². The Bertz CT molecular complexity index is 397. The van der Waals surface area contributed by atoms with Gasteiger partial charge in [-0.2, -0.15) is 0 Å². The van der Waals surface area contributed by atoms with Crippen LogP contribution in [0, 0.1) is 0 Å². The molecule has 0 saturated carbocycles. The number of carbonyl (C=O) groups is 2. The molecule has 1 heterocycles. The highest BCUT2D eigenvalue weighted by atomic mass is 16.4. The maximum Gasteiger partial charge on any atom is 0.303 e. The number of nitrogens with one attached hydrogen (secondary N) is 1. The molecule has 5 nitrogen and oxygen atoms in total. The molecule has 0 spiro atoms. The largest absolute Gasteiger partial charge is 0.481 e. The first-order chi connectivity index (χ1) is 8.02. The number of rotatable bonds is 6. The van der Waals surface area contributed by atoms with E-state index in [4.69, 9.17) is 9.52 Å². The van der Waals surface area contributed by atoms with Crippen LogP contribution in [-0.4, -0.2) is 23.0 Å². The number of hydrogen-bond acceptors (Lipinski definition) is 3. The fourth-order valence-electron chi connectivity index (χ4n) is 1.40. The molecule has 1 atom stereocenters. The normalized spacial score (nSPS) is 12.1. The van der Waals surface area contributed by atoms with Gasteiger partial charge in [0, 0.05) is 18.9 Å². The van der Waals surface area contributed by atoms with Crippen LogP contribution >= 0.6 is 0 Å². The summed E-state index contributed by atoms with van der Waals surface area (Å²) in [7, 11) is 0. The molecule has 0 bridgehead atoms. The molecule has 17 heavy (non-hydrogen) atoms. The van der Waals surface area contributed by atoms with Crippen molar-refractivity contribution in [1.29, 1.82) is 0 Å². The van der Waals surface area contributed by atoms with Crippen molar-refractivity contribution in [2.24, 2.45) is 0 Å². The van der Waals surface area contributed by atoms with Crippen molar-refractivity contribution in [2.45, 2.75) is 39.2 Å². The van der Waals surface area contributed by atoms with E-state index in [1.54, 1.807) is 19.1 Å². The number of hydrogen-bond donors (Lipinski definition) is 2. The van der Waals surface area contributed by atoms with Crippen LogP contribution in [0.3, 0.4) is 0 Å². The van der Waals surface area contributed by atoms with Crippen LogP contribution in [0.2, 0.25) is 0 Å². The van der Waals surface area contributed by atoms with Crippen molar-refractivity contribution >= 4 is 11.9 Å². The molecule has 0 aromatic carbocycles. The van der Waals surface area contributed by atoms with Crippen molar-refractivity contribution in [3.63, 3.8) is 0 Å². The Morgan fingerprint density at radius 3 is 2.71 bits per heavy atom. The standard InChI is InChI=1S/C12H17NO4/c1-3-9-5-6-10(17-9)12(16)13-8(2)4-7-11(14)15/h5-6,8H,3-4,7H2,1-2H3,(H,13,16)(H,14,15). The highest BCUT2D eigenvalue weighted by Crippen LogP contribution is 2.09. The zero-order valence-corrected chi connectivity index (χ0v) is 10.0. The quantitative estimate of drug-likeness (QED) is 0.793. The van der Waals surface area contributed by atoms with Gasteiger partial charge >= 0.3 is 5.97 Å². The minimum absolute atomic E-state index is 0.0415. The molecule has 0 aliphatic carbocycles. The predicted molar refractivity (Wildman–Crippen MR) is 61.9 cm³/mol. The van der Waals surface area contributed by atoms with Gasteiger partial charge in [0.1, 0.15) is 5.76 Å². The molecule has 5 heteroatoms. The Hall–Kier alpha value is -1.78. The molecule has 0 radical (unpaired) electrons. The molecule has 94 valence electrons. The average Bonchev–Trinajstić information content (AvgIpc) is 2.74. The van der Waals surface area contributed by atoms with E-state index in [9.17, 15) is 9.59 Å². The molecule has 0 aliphatic heterocycles. The van der Waals surface area contributed by atoms with Crippen LogP contribution in [0.5, 0.6) is 0 Å². The van der Waals surface area contributed by atoms with Crippen molar-refractivity contribution in [3.05, 3.63) is 23.7 Å². The number of carboxylic acids is 1. The lowest BCUT2D eigenvalue weighted by Crippen LogP contribution is -2.32. The summed E-state index contributed by atoms with van der Waals surface area (Å²) < 4.78 is 5.29. The lowest BCUT2D eigenvalue weighted by Gasteiger charge is -2.11. The van der Waals surface area contributed by atoms with Crippen LogP contribution in [0.1, 0.15) is 43.0 Å². The summed E-state index contributed by atoms with van der Waals surface area (Å²) in [5, 5.41) is 11.2. The smallest absolute Gasteiger partial charge is 0.303 e. The third kappa shape index (κ3) is 4.30. The van der Waals surface area contributed by atoms with Gasteiger partial charge in [0.15, 0.2) is 5.76 Å². The fourth-order valence-corrected chi connectivity index (χ4v) is 1.40. The molecule has 0 fully saturated rings. The number of aryl methyl sites for hydroxylation is 1. The molecule has 1 unspecified atom stereocenters. The zero-order valence-electron chi connectivity index (χ0n) is 10.0. The van der Waals surface area contributed by atoms with E-state index in [0.717, 1.165) is 12.2 Å². The fraction of sp³-hybridized carbons (Fsp3) is 0.500. The third-order valence-corrected chi connectivity index (χ3v) is 2.40. The first kappa shape index (κ1) is 13.3. The lowest BCUT2D eigenvalue weighted by molar-refractivity contribution is -0.137. The highest BCUT2D eigenvalue weighted by Gasteiger charge is 2.14. The van der Waals surface area contributed by atoms with Crippen molar-refractivity contribution in [3.8, 4) is 0 Å². The molecule has 1 aromatic rings. The van der Waals surface area contributed by atoms with E-state index in [-0.39, 0.29) is 24.1 Å². The molecule has 1 rings (SSSR count). The first-order valence-corrected chi connectivity index (χ1v) is 5.64. The summed E-state index contributed by atoms with van der Waals surface area (Å²) in [6.45, 7) is 3.71. The number of furan rings is 1. The minimum Gasteiger partial charge on any atom is -0.481 e. The molecule has 2 N–H and O–H groups in total. The van der Waals surface area contributed by atoms with Crippen molar-refractivity contribution < 1.29 is 19.1 Å². The van der Waals surface area contributed by atoms with E-state index < -0.39 is 5.97 Å². The summed E-state index contributed by atoms with van der Waals surface area (Å²) in [6, 6.07) is 3.20. The zero-order chi connectivity index (χ0) is 12.8. The molecule has 1 aromatic heterocycles. The molecule has 0 saturated heterocycles. The van der Waals surface area contributed by atoms with Gasteiger partial charge in [0.25, 0.3) is 5.91 Å². The number of aliphatic carboxylic acids is 1. The molecule has 0 aliphatic rings. The Kier molecular flexibility index (Phi) is 4.75. The van der Waals surface area contributed by atoms with Crippen LogP contribution in [-0.2, 0) is 11.2 Å². The predicted octanol–water partition coefficient (Wildman–Crippen LogP) is 1.83. The van der Waals surface area contributed by atoms with Gasteiger partial charge in [-0.1, -0.05) is 6.92 Å². The monoisotopic (exact) mass is 239 g/mol. The second-order valence-corrected chi connectivity index (χ2v) is 3.93. The Labute approximate surface area is 99.8 Å². The molecule has 1 amide bonds.